The summed E-state index contributed by atoms with van der Waals surface area (Å²) < 4.78 is 0. The molecule has 0 spiro atoms. The standard InChI is InChI=1S/C10H15NS2/c1-2-3-8-12-13-10-6-4-9(11)5-7-10/h4-7H,2-3,8,11H2,1H3. The van der Waals surface area contributed by atoms with Crippen molar-refractivity contribution >= 4 is 27.3 Å². The van der Waals surface area contributed by atoms with Crippen molar-refractivity contribution < 1.29 is 0 Å². The smallest absolute Gasteiger partial charge is 0.0314 e. The molecule has 1 aromatic carbocycles. The Labute approximate surface area is 87.9 Å². The maximum atomic E-state index is 5.59. The molecule has 13 heavy (non-hydrogen) atoms. The molecule has 0 aliphatic rings. The molecule has 3 heteroatoms. The molecule has 72 valence electrons. The van der Waals surface area contributed by atoms with Gasteiger partial charge in [-0.3, -0.25) is 0 Å². The average molecular weight is 213 g/mol. The van der Waals surface area contributed by atoms with Gasteiger partial charge < -0.3 is 5.73 Å². The molecular formula is C10H15NS2. The van der Waals surface area contributed by atoms with Gasteiger partial charge in [0, 0.05) is 16.3 Å². The molecule has 0 aliphatic carbocycles. The topological polar surface area (TPSA) is 26.0 Å². The molecular weight excluding hydrogens is 198 g/mol. The first-order chi connectivity index (χ1) is 6.33. The Balaban J connectivity index is 2.25. The molecule has 0 heterocycles. The molecule has 0 saturated carbocycles. The van der Waals surface area contributed by atoms with Gasteiger partial charge in [-0.2, -0.15) is 0 Å². The number of anilines is 1. The van der Waals surface area contributed by atoms with Crippen LogP contribution in [0.25, 0.3) is 0 Å². The van der Waals surface area contributed by atoms with Crippen molar-refractivity contribution in [1.82, 2.24) is 0 Å². The minimum Gasteiger partial charge on any atom is -0.399 e. The minimum absolute atomic E-state index is 0.836. The molecule has 0 aliphatic heterocycles. The fourth-order valence-corrected chi connectivity index (χ4v) is 3.05. The maximum Gasteiger partial charge on any atom is 0.0314 e. The number of unbranched alkanes of at least 4 members (excludes halogenated alkanes) is 1. The second-order valence-corrected chi connectivity index (χ2v) is 5.32. The van der Waals surface area contributed by atoms with Gasteiger partial charge in [0.25, 0.3) is 0 Å². The van der Waals surface area contributed by atoms with E-state index in [1.54, 1.807) is 0 Å². The van der Waals surface area contributed by atoms with Crippen LogP contribution in [0.15, 0.2) is 29.2 Å². The summed E-state index contributed by atoms with van der Waals surface area (Å²) in [4.78, 5) is 1.29. The van der Waals surface area contributed by atoms with Crippen LogP contribution in [0.1, 0.15) is 19.8 Å². The van der Waals surface area contributed by atoms with Gasteiger partial charge in [0.05, 0.1) is 0 Å². The molecule has 0 saturated heterocycles. The molecule has 0 radical (unpaired) electrons. The van der Waals surface area contributed by atoms with E-state index in [1.807, 2.05) is 33.7 Å². The summed E-state index contributed by atoms with van der Waals surface area (Å²) in [5, 5.41) is 0. The van der Waals surface area contributed by atoms with Crippen molar-refractivity contribution in [3.8, 4) is 0 Å². The van der Waals surface area contributed by atoms with E-state index in [1.165, 1.54) is 23.5 Å². The molecule has 0 aromatic heterocycles. The third-order valence-corrected chi connectivity index (χ3v) is 4.09. The van der Waals surface area contributed by atoms with Gasteiger partial charge in [-0.05, 0) is 30.7 Å². The SMILES string of the molecule is CCCCSSc1ccc(N)cc1. The number of rotatable bonds is 5. The van der Waals surface area contributed by atoms with Gasteiger partial charge in [0.15, 0.2) is 0 Å². The van der Waals surface area contributed by atoms with Crippen molar-refractivity contribution in [1.29, 1.82) is 0 Å². The summed E-state index contributed by atoms with van der Waals surface area (Å²) in [6.45, 7) is 2.22. The number of nitrogen functional groups attached to an aromatic ring is 1. The molecule has 0 bridgehead atoms. The number of hydrogen-bond acceptors (Lipinski definition) is 3. The monoisotopic (exact) mass is 213 g/mol. The summed E-state index contributed by atoms with van der Waals surface area (Å²) >= 11 is 0. The molecule has 2 N–H and O–H groups in total. The summed E-state index contributed by atoms with van der Waals surface area (Å²) in [5.74, 6) is 1.23. The normalized spacial score (nSPS) is 10.2. The second-order valence-electron chi connectivity index (χ2n) is 2.83. The summed E-state index contributed by atoms with van der Waals surface area (Å²) in [6.07, 6.45) is 2.57. The van der Waals surface area contributed by atoms with Crippen LogP contribution >= 0.6 is 21.6 Å². The van der Waals surface area contributed by atoms with Crippen LogP contribution in [0.4, 0.5) is 5.69 Å². The summed E-state index contributed by atoms with van der Waals surface area (Å²) in [7, 11) is 3.74. The van der Waals surface area contributed by atoms with Crippen LogP contribution in [0.3, 0.4) is 0 Å². The van der Waals surface area contributed by atoms with Crippen LogP contribution in [0, 0.1) is 0 Å². The number of hydrogen-bond donors (Lipinski definition) is 1. The zero-order chi connectivity index (χ0) is 9.52. The van der Waals surface area contributed by atoms with E-state index >= 15 is 0 Å². The van der Waals surface area contributed by atoms with Crippen LogP contribution < -0.4 is 5.73 Å². The lowest BCUT2D eigenvalue weighted by molar-refractivity contribution is 0.898. The Morgan fingerprint density at radius 3 is 2.54 bits per heavy atom. The highest BCUT2D eigenvalue weighted by Gasteiger charge is 1.93. The Morgan fingerprint density at radius 1 is 1.23 bits per heavy atom. The summed E-state index contributed by atoms with van der Waals surface area (Å²) in [5.41, 5.74) is 6.42. The fraction of sp³-hybridized carbons (Fsp3) is 0.400. The highest BCUT2D eigenvalue weighted by atomic mass is 33.1. The molecule has 1 nitrogen and oxygen atoms in total. The van der Waals surface area contributed by atoms with Gasteiger partial charge in [0.2, 0.25) is 0 Å². The minimum atomic E-state index is 0.836. The van der Waals surface area contributed by atoms with E-state index in [9.17, 15) is 0 Å². The molecule has 0 unspecified atom stereocenters. The lowest BCUT2D eigenvalue weighted by Gasteiger charge is -2.00. The molecule has 1 rings (SSSR count). The second kappa shape index (κ2) is 6.22. The first kappa shape index (κ1) is 10.8. The molecule has 0 atom stereocenters. The van der Waals surface area contributed by atoms with Crippen LogP contribution in [0.2, 0.25) is 0 Å². The van der Waals surface area contributed by atoms with E-state index in [0.29, 0.717) is 0 Å². The zero-order valence-electron chi connectivity index (χ0n) is 7.82. The van der Waals surface area contributed by atoms with Gasteiger partial charge >= 0.3 is 0 Å². The zero-order valence-corrected chi connectivity index (χ0v) is 9.46. The van der Waals surface area contributed by atoms with Gasteiger partial charge in [-0.25, -0.2) is 0 Å². The van der Waals surface area contributed by atoms with E-state index < -0.39 is 0 Å². The predicted molar refractivity (Wildman–Crippen MR) is 64.1 cm³/mol. The Kier molecular flexibility index (Phi) is 5.16. The van der Waals surface area contributed by atoms with E-state index in [-0.39, 0.29) is 0 Å². The lowest BCUT2D eigenvalue weighted by Crippen LogP contribution is -1.81. The van der Waals surface area contributed by atoms with Gasteiger partial charge in [0.1, 0.15) is 0 Å². The van der Waals surface area contributed by atoms with Crippen molar-refractivity contribution in [2.45, 2.75) is 24.7 Å². The highest BCUT2D eigenvalue weighted by Crippen LogP contribution is 2.31. The average Bonchev–Trinajstić information content (AvgIpc) is 2.15. The molecule has 1 aromatic rings. The van der Waals surface area contributed by atoms with Gasteiger partial charge in [-0.1, -0.05) is 34.9 Å². The lowest BCUT2D eigenvalue weighted by atomic mass is 10.3. The number of benzene rings is 1. The van der Waals surface area contributed by atoms with Crippen molar-refractivity contribution in [2.24, 2.45) is 0 Å². The van der Waals surface area contributed by atoms with Gasteiger partial charge in [-0.15, -0.1) is 0 Å². The Morgan fingerprint density at radius 2 is 1.92 bits per heavy atom. The molecule has 0 amide bonds. The van der Waals surface area contributed by atoms with E-state index in [4.69, 9.17) is 5.73 Å². The third-order valence-electron chi connectivity index (χ3n) is 1.62. The van der Waals surface area contributed by atoms with Crippen molar-refractivity contribution in [3.63, 3.8) is 0 Å². The number of nitrogens with two attached hydrogens (primary N) is 1. The Hall–Kier alpha value is -0.280. The van der Waals surface area contributed by atoms with Crippen LogP contribution in [0.5, 0.6) is 0 Å². The third kappa shape index (κ3) is 4.48. The maximum absolute atomic E-state index is 5.59. The quantitative estimate of drug-likeness (QED) is 0.457. The highest BCUT2D eigenvalue weighted by molar-refractivity contribution is 8.76. The predicted octanol–water partition coefficient (Wildman–Crippen LogP) is 3.81. The van der Waals surface area contributed by atoms with Crippen molar-refractivity contribution in [2.75, 3.05) is 11.5 Å². The van der Waals surface area contributed by atoms with E-state index in [0.717, 1.165) is 5.69 Å². The first-order valence-corrected chi connectivity index (χ1v) is 6.80. The molecule has 0 fully saturated rings. The van der Waals surface area contributed by atoms with Crippen LogP contribution in [-0.4, -0.2) is 5.75 Å². The van der Waals surface area contributed by atoms with Crippen molar-refractivity contribution in [3.05, 3.63) is 24.3 Å². The Bertz CT molecular complexity index is 233. The first-order valence-electron chi connectivity index (χ1n) is 4.48. The largest absolute Gasteiger partial charge is 0.399 e. The fourth-order valence-electron chi connectivity index (χ4n) is 0.836. The summed E-state index contributed by atoms with van der Waals surface area (Å²) in [6, 6.07) is 8.03. The van der Waals surface area contributed by atoms with Crippen LogP contribution in [-0.2, 0) is 0 Å². The van der Waals surface area contributed by atoms with E-state index in [2.05, 4.69) is 19.1 Å².